The number of ether oxygens (including phenoxy) is 1. The molecule has 41 heavy (non-hydrogen) atoms. The molecule has 0 radical (unpaired) electrons. The Hall–Kier alpha value is -5.37. The van der Waals surface area contributed by atoms with Crippen LogP contribution in [0.5, 0.6) is 5.88 Å². The molecule has 1 atom stereocenters. The third kappa shape index (κ3) is 4.69. The summed E-state index contributed by atoms with van der Waals surface area (Å²) in [6.07, 6.45) is 5.03. The van der Waals surface area contributed by atoms with Crippen molar-refractivity contribution in [2.75, 3.05) is 7.11 Å². The smallest absolute Gasteiger partial charge is 0.263 e. The zero-order valence-electron chi connectivity index (χ0n) is 22.8. The van der Waals surface area contributed by atoms with E-state index in [-0.39, 0.29) is 11.5 Å². The minimum atomic E-state index is -0.525. The van der Waals surface area contributed by atoms with E-state index in [0.29, 0.717) is 39.4 Å². The summed E-state index contributed by atoms with van der Waals surface area (Å²) in [5.41, 5.74) is 4.31. The van der Waals surface area contributed by atoms with Gasteiger partial charge in [0.15, 0.2) is 0 Å². The first-order valence-corrected chi connectivity index (χ1v) is 13.2. The predicted octanol–water partition coefficient (Wildman–Crippen LogP) is 5.80. The molecule has 0 spiro atoms. The first-order valence-electron chi connectivity index (χ1n) is 13.2. The lowest BCUT2D eigenvalue weighted by molar-refractivity contribution is 0.0939. The van der Waals surface area contributed by atoms with E-state index in [9.17, 15) is 9.59 Å². The van der Waals surface area contributed by atoms with Gasteiger partial charge in [-0.25, -0.2) is 4.98 Å². The molecule has 2 aromatic carbocycles. The highest BCUT2D eigenvalue weighted by Gasteiger charge is 2.23. The molecule has 4 heterocycles. The summed E-state index contributed by atoms with van der Waals surface area (Å²) >= 11 is 0. The highest BCUT2D eigenvalue weighted by molar-refractivity contribution is 6.06. The number of pyridine rings is 4. The van der Waals surface area contributed by atoms with Crippen molar-refractivity contribution >= 4 is 27.6 Å². The summed E-state index contributed by atoms with van der Waals surface area (Å²) in [6, 6.07) is 24.0. The molecule has 0 aliphatic heterocycles. The second-order valence-electron chi connectivity index (χ2n) is 9.76. The van der Waals surface area contributed by atoms with Crippen molar-refractivity contribution in [1.29, 1.82) is 0 Å². The van der Waals surface area contributed by atoms with Gasteiger partial charge >= 0.3 is 0 Å². The van der Waals surface area contributed by atoms with Gasteiger partial charge in [-0.3, -0.25) is 24.1 Å². The Labute approximate surface area is 236 Å². The van der Waals surface area contributed by atoms with Gasteiger partial charge in [-0.1, -0.05) is 36.4 Å². The van der Waals surface area contributed by atoms with Crippen LogP contribution in [0.3, 0.4) is 0 Å². The van der Waals surface area contributed by atoms with Crippen molar-refractivity contribution in [3.63, 3.8) is 0 Å². The molecule has 6 aromatic rings. The van der Waals surface area contributed by atoms with Crippen molar-refractivity contribution in [3.05, 3.63) is 125 Å². The Morgan fingerprint density at radius 1 is 0.902 bits per heavy atom. The second-order valence-corrected chi connectivity index (χ2v) is 9.76. The molecule has 0 aliphatic rings. The first-order chi connectivity index (χ1) is 20.0. The number of aromatic nitrogens is 4. The minimum absolute atomic E-state index is 0.194. The van der Waals surface area contributed by atoms with E-state index in [1.54, 1.807) is 37.2 Å². The first kappa shape index (κ1) is 25.9. The Bertz CT molecular complexity index is 1990. The second kappa shape index (κ2) is 10.7. The van der Waals surface area contributed by atoms with Gasteiger partial charge in [-0.2, -0.15) is 0 Å². The molecule has 8 nitrogen and oxygen atoms in total. The molecule has 6 rings (SSSR count). The van der Waals surface area contributed by atoms with Crippen LogP contribution in [0.4, 0.5) is 0 Å². The third-order valence-electron chi connectivity index (χ3n) is 7.20. The summed E-state index contributed by atoms with van der Waals surface area (Å²) in [4.78, 5) is 41.1. The molecule has 8 heteroatoms. The molecule has 0 saturated carbocycles. The maximum Gasteiger partial charge on any atom is 0.263 e. The normalized spacial score (nSPS) is 11.9. The van der Waals surface area contributed by atoms with Crippen molar-refractivity contribution in [1.82, 2.24) is 24.8 Å². The van der Waals surface area contributed by atoms with E-state index in [1.165, 1.54) is 0 Å². The van der Waals surface area contributed by atoms with Crippen molar-refractivity contribution < 1.29 is 9.53 Å². The van der Waals surface area contributed by atoms with Gasteiger partial charge in [0.1, 0.15) is 0 Å². The highest BCUT2D eigenvalue weighted by atomic mass is 16.5. The SMILES string of the molecule is COc1cc(-c2cccc3cc([C@H](C)NC(=O)c4c(C)ncc5cccnc45)n(-c4ccccc4)c(=O)c23)ccn1. The van der Waals surface area contributed by atoms with Crippen LogP contribution >= 0.6 is 0 Å². The van der Waals surface area contributed by atoms with Gasteiger partial charge in [-0.15, -0.1) is 0 Å². The molecule has 4 aromatic heterocycles. The number of nitrogens with zero attached hydrogens (tertiary/aromatic N) is 4. The molecule has 0 bridgehead atoms. The summed E-state index contributed by atoms with van der Waals surface area (Å²) in [6.45, 7) is 3.66. The van der Waals surface area contributed by atoms with Crippen LogP contribution in [0.15, 0.2) is 102 Å². The number of para-hydroxylation sites is 1. The molecule has 0 saturated heterocycles. The lowest BCUT2D eigenvalue weighted by Crippen LogP contribution is -2.32. The average Bonchev–Trinajstić information content (AvgIpc) is 3.00. The Morgan fingerprint density at radius 2 is 1.71 bits per heavy atom. The molecular formula is C33H27N5O3. The lowest BCUT2D eigenvalue weighted by Gasteiger charge is -2.22. The highest BCUT2D eigenvalue weighted by Crippen LogP contribution is 2.30. The van der Waals surface area contributed by atoms with Crippen molar-refractivity contribution in [2.24, 2.45) is 0 Å². The van der Waals surface area contributed by atoms with E-state index < -0.39 is 6.04 Å². The Balaban J connectivity index is 1.52. The van der Waals surface area contributed by atoms with Gasteiger partial charge in [0.2, 0.25) is 5.88 Å². The predicted molar refractivity (Wildman–Crippen MR) is 159 cm³/mol. The fourth-order valence-electron chi connectivity index (χ4n) is 5.22. The van der Waals surface area contributed by atoms with Crippen LogP contribution < -0.4 is 15.6 Å². The summed E-state index contributed by atoms with van der Waals surface area (Å²) in [5, 5.41) is 5.21. The van der Waals surface area contributed by atoms with E-state index in [1.807, 2.05) is 85.8 Å². The number of carbonyl (C=O) groups excluding carboxylic acids is 1. The number of nitrogens with one attached hydrogen (secondary N) is 1. The van der Waals surface area contributed by atoms with Crippen LogP contribution in [-0.2, 0) is 0 Å². The van der Waals surface area contributed by atoms with E-state index in [0.717, 1.165) is 21.9 Å². The maximum atomic E-state index is 14.4. The summed E-state index contributed by atoms with van der Waals surface area (Å²) in [5.74, 6) is 0.153. The average molecular weight is 542 g/mol. The molecule has 0 unspecified atom stereocenters. The number of methoxy groups -OCH3 is 1. The minimum Gasteiger partial charge on any atom is -0.481 e. The monoisotopic (exact) mass is 541 g/mol. The zero-order valence-corrected chi connectivity index (χ0v) is 22.8. The Morgan fingerprint density at radius 3 is 2.51 bits per heavy atom. The molecule has 202 valence electrons. The lowest BCUT2D eigenvalue weighted by atomic mass is 9.98. The van der Waals surface area contributed by atoms with Gasteiger partial charge in [0.05, 0.1) is 35.3 Å². The number of hydrogen-bond donors (Lipinski definition) is 1. The van der Waals surface area contributed by atoms with Crippen molar-refractivity contribution in [3.8, 4) is 22.7 Å². The molecule has 1 amide bonds. The maximum absolute atomic E-state index is 14.4. The van der Waals surface area contributed by atoms with Crippen molar-refractivity contribution in [2.45, 2.75) is 19.9 Å². The standard InChI is InChI=1S/C33H27N5O3/c1-20(37-32(39)29-21(2)36-19-24-10-8-15-35-31(24)29)27-17-23-9-7-13-26(22-14-16-34-28(18-22)41-3)30(23)33(40)38(27)25-11-5-4-6-12-25/h4-20H,1-3H3,(H,37,39)/t20-/m0/s1. The number of fused-ring (bicyclic) bond motifs is 2. The number of aryl methyl sites for hydroxylation is 1. The largest absolute Gasteiger partial charge is 0.481 e. The zero-order chi connectivity index (χ0) is 28.5. The fraction of sp³-hybridized carbons (Fsp3) is 0.121. The summed E-state index contributed by atoms with van der Waals surface area (Å²) < 4.78 is 7.00. The summed E-state index contributed by atoms with van der Waals surface area (Å²) in [7, 11) is 1.56. The van der Waals surface area contributed by atoms with Crippen LogP contribution in [0.1, 0.15) is 34.7 Å². The van der Waals surface area contributed by atoms with Gasteiger partial charge < -0.3 is 10.1 Å². The van der Waals surface area contributed by atoms with E-state index in [2.05, 4.69) is 20.3 Å². The van der Waals surface area contributed by atoms with E-state index in [4.69, 9.17) is 4.74 Å². The van der Waals surface area contributed by atoms with Crippen LogP contribution in [0.2, 0.25) is 0 Å². The quantitative estimate of drug-likeness (QED) is 0.286. The van der Waals surface area contributed by atoms with E-state index >= 15 is 0 Å². The molecule has 0 fully saturated rings. The van der Waals surface area contributed by atoms with Gasteiger partial charge in [-0.05, 0) is 66.8 Å². The van der Waals surface area contributed by atoms with Crippen LogP contribution in [0, 0.1) is 6.92 Å². The fourth-order valence-corrected chi connectivity index (χ4v) is 5.22. The number of rotatable bonds is 6. The van der Waals surface area contributed by atoms with Gasteiger partial charge in [0, 0.05) is 41.4 Å². The number of carbonyl (C=O) groups is 1. The number of hydrogen-bond acceptors (Lipinski definition) is 6. The third-order valence-corrected chi connectivity index (χ3v) is 7.20. The van der Waals surface area contributed by atoms with Crippen LogP contribution in [0.25, 0.3) is 38.5 Å². The molecule has 0 aliphatic carbocycles. The molecule has 1 N–H and O–H groups in total. The Kier molecular flexibility index (Phi) is 6.73. The topological polar surface area (TPSA) is 99.0 Å². The number of benzene rings is 2. The van der Waals surface area contributed by atoms with Gasteiger partial charge in [0.25, 0.3) is 11.5 Å². The number of amides is 1. The van der Waals surface area contributed by atoms with Crippen LogP contribution in [-0.4, -0.2) is 32.5 Å². The molecular weight excluding hydrogens is 514 g/mol.